The molecule has 0 atom stereocenters. The second-order valence-electron chi connectivity index (χ2n) is 9.69. The van der Waals surface area contributed by atoms with Gasteiger partial charge in [0.1, 0.15) is 22.9 Å². The smallest absolute Gasteiger partial charge is 0.274 e. The zero-order valence-electron chi connectivity index (χ0n) is 24.7. The first-order valence-corrected chi connectivity index (χ1v) is 13.5. The maximum atomic E-state index is 13.1. The van der Waals surface area contributed by atoms with E-state index < -0.39 is 0 Å². The van der Waals surface area contributed by atoms with Gasteiger partial charge in [0, 0.05) is 60.1 Å². The minimum Gasteiger partial charge on any atom is -0.496 e. The fourth-order valence-electron chi connectivity index (χ4n) is 4.70. The molecule has 4 rings (SSSR count). The SMILES string of the molecule is CNCc1cnc(C(=O)Nc2cccc(-c3cccc(NC(=O)c4cc(OC)c(CNC)cn4)c3C)c2C)cc1OC. The Hall–Kier alpha value is -4.80. The first-order valence-electron chi connectivity index (χ1n) is 13.5. The average molecular weight is 569 g/mol. The van der Waals surface area contributed by atoms with E-state index in [9.17, 15) is 9.59 Å². The van der Waals surface area contributed by atoms with Crippen LogP contribution in [-0.4, -0.2) is 50.1 Å². The van der Waals surface area contributed by atoms with E-state index in [1.807, 2.05) is 64.3 Å². The fourth-order valence-corrected chi connectivity index (χ4v) is 4.70. The molecule has 0 fully saturated rings. The molecular weight excluding hydrogens is 532 g/mol. The van der Waals surface area contributed by atoms with Crippen molar-refractivity contribution < 1.29 is 19.1 Å². The molecule has 2 aromatic carbocycles. The van der Waals surface area contributed by atoms with Gasteiger partial charge in [0.2, 0.25) is 0 Å². The second kappa shape index (κ2) is 13.7. The Labute approximate surface area is 245 Å². The van der Waals surface area contributed by atoms with Gasteiger partial charge in [-0.05, 0) is 62.3 Å². The topological polar surface area (TPSA) is 127 Å². The van der Waals surface area contributed by atoms with Gasteiger partial charge in [-0.25, -0.2) is 0 Å². The quantitative estimate of drug-likeness (QED) is 0.205. The molecule has 4 N–H and O–H groups in total. The number of amides is 2. The van der Waals surface area contributed by atoms with Gasteiger partial charge in [0.25, 0.3) is 11.8 Å². The predicted molar refractivity (Wildman–Crippen MR) is 164 cm³/mol. The second-order valence-corrected chi connectivity index (χ2v) is 9.69. The lowest BCUT2D eigenvalue weighted by Crippen LogP contribution is -2.16. The molecule has 4 aromatic rings. The van der Waals surface area contributed by atoms with Crippen molar-refractivity contribution in [2.45, 2.75) is 26.9 Å². The minimum atomic E-state index is -0.342. The molecule has 10 nitrogen and oxygen atoms in total. The van der Waals surface area contributed by atoms with Crippen molar-refractivity contribution in [3.8, 4) is 22.6 Å². The molecule has 0 radical (unpaired) electrons. The van der Waals surface area contributed by atoms with E-state index in [4.69, 9.17) is 9.47 Å². The van der Waals surface area contributed by atoms with Crippen LogP contribution in [0.1, 0.15) is 43.2 Å². The van der Waals surface area contributed by atoms with Crippen LogP contribution >= 0.6 is 0 Å². The van der Waals surface area contributed by atoms with E-state index in [1.54, 1.807) is 38.7 Å². The molecular formula is C32H36N6O4. The van der Waals surface area contributed by atoms with Crippen LogP contribution in [0.5, 0.6) is 11.5 Å². The predicted octanol–water partition coefficient (Wildman–Crippen LogP) is 4.72. The van der Waals surface area contributed by atoms with Crippen LogP contribution in [0.2, 0.25) is 0 Å². The van der Waals surface area contributed by atoms with Crippen LogP contribution < -0.4 is 30.7 Å². The Morgan fingerprint density at radius 3 is 1.45 bits per heavy atom. The fraction of sp³-hybridized carbons (Fsp3) is 0.250. The minimum absolute atomic E-state index is 0.252. The first-order chi connectivity index (χ1) is 20.3. The highest BCUT2D eigenvalue weighted by Gasteiger charge is 2.17. The molecule has 0 aliphatic rings. The summed E-state index contributed by atoms with van der Waals surface area (Å²) < 4.78 is 10.9. The van der Waals surface area contributed by atoms with Gasteiger partial charge < -0.3 is 30.7 Å². The van der Waals surface area contributed by atoms with Gasteiger partial charge in [-0.1, -0.05) is 24.3 Å². The van der Waals surface area contributed by atoms with Crippen molar-refractivity contribution in [2.24, 2.45) is 0 Å². The number of carbonyl (C=O) groups is 2. The van der Waals surface area contributed by atoms with Crippen LogP contribution in [0, 0.1) is 13.8 Å². The highest BCUT2D eigenvalue weighted by atomic mass is 16.5. The summed E-state index contributed by atoms with van der Waals surface area (Å²) in [5, 5.41) is 12.1. The molecule has 0 saturated heterocycles. The number of carbonyl (C=O) groups excluding carboxylic acids is 2. The van der Waals surface area contributed by atoms with E-state index >= 15 is 0 Å². The number of pyridine rings is 2. The van der Waals surface area contributed by atoms with Gasteiger partial charge in [-0.3, -0.25) is 19.6 Å². The third-order valence-corrected chi connectivity index (χ3v) is 6.98. The van der Waals surface area contributed by atoms with E-state index in [0.717, 1.165) is 33.4 Å². The van der Waals surface area contributed by atoms with Gasteiger partial charge in [-0.2, -0.15) is 0 Å². The number of benzene rings is 2. The van der Waals surface area contributed by atoms with Crippen molar-refractivity contribution in [3.63, 3.8) is 0 Å². The highest BCUT2D eigenvalue weighted by molar-refractivity contribution is 6.05. The number of aromatic nitrogens is 2. The number of hydrogen-bond donors (Lipinski definition) is 4. The third kappa shape index (κ3) is 6.56. The molecule has 0 bridgehead atoms. The van der Waals surface area contributed by atoms with Crippen LogP contribution in [0.3, 0.4) is 0 Å². The summed E-state index contributed by atoms with van der Waals surface area (Å²) in [6, 6.07) is 14.7. The van der Waals surface area contributed by atoms with Gasteiger partial charge in [-0.15, -0.1) is 0 Å². The molecule has 0 spiro atoms. The molecule has 2 heterocycles. The van der Waals surface area contributed by atoms with Gasteiger partial charge >= 0.3 is 0 Å². The summed E-state index contributed by atoms with van der Waals surface area (Å²) in [5.41, 5.74) is 7.14. The summed E-state index contributed by atoms with van der Waals surface area (Å²) in [6.45, 7) is 5.04. The number of nitrogens with one attached hydrogen (secondary N) is 4. The molecule has 0 aliphatic heterocycles. The summed E-state index contributed by atoms with van der Waals surface area (Å²) >= 11 is 0. The Morgan fingerprint density at radius 2 is 1.10 bits per heavy atom. The van der Waals surface area contributed by atoms with E-state index in [0.29, 0.717) is 36.0 Å². The highest BCUT2D eigenvalue weighted by Crippen LogP contribution is 2.34. The number of methoxy groups -OCH3 is 2. The van der Waals surface area contributed by atoms with Crippen LogP contribution in [-0.2, 0) is 13.1 Å². The lowest BCUT2D eigenvalue weighted by Gasteiger charge is -2.17. The monoisotopic (exact) mass is 568 g/mol. The van der Waals surface area contributed by atoms with Crippen molar-refractivity contribution >= 4 is 23.2 Å². The lowest BCUT2D eigenvalue weighted by molar-refractivity contribution is 0.101. The molecule has 2 aromatic heterocycles. The van der Waals surface area contributed by atoms with E-state index in [1.165, 1.54) is 0 Å². The number of anilines is 2. The van der Waals surface area contributed by atoms with Crippen molar-refractivity contribution in [3.05, 3.63) is 94.6 Å². The lowest BCUT2D eigenvalue weighted by atomic mass is 9.94. The number of ether oxygens (including phenoxy) is 2. The third-order valence-electron chi connectivity index (χ3n) is 6.98. The Bertz CT molecular complexity index is 1490. The molecule has 42 heavy (non-hydrogen) atoms. The first kappa shape index (κ1) is 30.2. The number of hydrogen-bond acceptors (Lipinski definition) is 8. The van der Waals surface area contributed by atoms with Crippen LogP contribution in [0.25, 0.3) is 11.1 Å². The zero-order valence-corrected chi connectivity index (χ0v) is 24.7. The molecule has 218 valence electrons. The van der Waals surface area contributed by atoms with E-state index in [-0.39, 0.29) is 23.2 Å². The summed E-state index contributed by atoms with van der Waals surface area (Å²) in [7, 11) is 6.80. The van der Waals surface area contributed by atoms with Crippen LogP contribution in [0.4, 0.5) is 11.4 Å². The largest absolute Gasteiger partial charge is 0.496 e. The Balaban J connectivity index is 1.58. The Kier molecular flexibility index (Phi) is 9.85. The molecule has 0 unspecified atom stereocenters. The maximum Gasteiger partial charge on any atom is 0.274 e. The van der Waals surface area contributed by atoms with Crippen molar-refractivity contribution in [1.29, 1.82) is 0 Å². The van der Waals surface area contributed by atoms with Gasteiger partial charge in [0.15, 0.2) is 0 Å². The summed E-state index contributed by atoms with van der Waals surface area (Å²) in [5.74, 6) is 0.496. The molecule has 0 saturated carbocycles. The van der Waals surface area contributed by atoms with Crippen LogP contribution in [0.15, 0.2) is 60.9 Å². The van der Waals surface area contributed by atoms with Crippen molar-refractivity contribution in [2.75, 3.05) is 38.9 Å². The Morgan fingerprint density at radius 1 is 0.690 bits per heavy atom. The number of rotatable bonds is 11. The number of nitrogens with zero attached hydrogens (tertiary/aromatic N) is 2. The van der Waals surface area contributed by atoms with Crippen molar-refractivity contribution in [1.82, 2.24) is 20.6 Å². The summed E-state index contributed by atoms with van der Waals surface area (Å²) in [6.07, 6.45) is 3.28. The maximum absolute atomic E-state index is 13.1. The zero-order chi connectivity index (χ0) is 30.2. The standard InChI is InChI=1S/C32H36N6O4/c1-19-23(9-7-11-25(19)37-31(39)27-13-29(41-5)21(15-33-3)17-35-27)24-10-8-12-26(20(24)2)38-32(40)28-14-30(42-6)22(16-34-4)18-36-28/h7-14,17-18,33-34H,15-16H2,1-6H3,(H,37,39)(H,38,40). The summed E-state index contributed by atoms with van der Waals surface area (Å²) in [4.78, 5) is 34.9. The molecule has 0 aliphatic carbocycles. The molecule has 10 heteroatoms. The van der Waals surface area contributed by atoms with E-state index in [2.05, 4.69) is 31.2 Å². The molecule has 2 amide bonds. The average Bonchev–Trinajstić information content (AvgIpc) is 3.00. The normalized spacial score (nSPS) is 10.7. The van der Waals surface area contributed by atoms with Gasteiger partial charge in [0.05, 0.1) is 14.2 Å².